The number of likely N-dealkylation sites (N-methyl/N-ethyl adjacent to an activating group) is 1. The summed E-state index contributed by atoms with van der Waals surface area (Å²) < 4.78 is 5.53. The molecular formula is C7H15NO. The molecular weight excluding hydrogens is 114 g/mol. The highest BCUT2D eigenvalue weighted by Crippen LogP contribution is 2.34. The number of hydrogen-bond acceptors (Lipinski definition) is 2. The molecule has 2 heteroatoms. The lowest BCUT2D eigenvalue weighted by atomic mass is 10.3. The van der Waals surface area contributed by atoms with Crippen LogP contribution < -0.4 is 0 Å². The predicted octanol–water partition coefficient (Wildman–Crippen LogP) is 1.07. The molecule has 0 bridgehead atoms. The van der Waals surface area contributed by atoms with Crippen molar-refractivity contribution in [3.8, 4) is 0 Å². The SMILES string of the molecule is CCOC1(CC)CN1C. The third-order valence-corrected chi connectivity index (χ3v) is 2.04. The molecule has 0 aromatic rings. The Kier molecular flexibility index (Phi) is 1.78. The molecule has 1 rings (SSSR count). The van der Waals surface area contributed by atoms with Crippen LogP contribution in [0.25, 0.3) is 0 Å². The molecule has 9 heavy (non-hydrogen) atoms. The summed E-state index contributed by atoms with van der Waals surface area (Å²) in [6.45, 7) is 6.15. The largest absolute Gasteiger partial charge is 0.359 e. The van der Waals surface area contributed by atoms with E-state index in [1.54, 1.807) is 0 Å². The summed E-state index contributed by atoms with van der Waals surface area (Å²) in [6.07, 6.45) is 1.11. The number of rotatable bonds is 3. The molecule has 0 aromatic heterocycles. The zero-order chi connectivity index (χ0) is 6.91. The van der Waals surface area contributed by atoms with E-state index in [1.165, 1.54) is 0 Å². The molecule has 0 spiro atoms. The van der Waals surface area contributed by atoms with Crippen LogP contribution in [0, 0.1) is 0 Å². The molecule has 1 heterocycles. The first kappa shape index (κ1) is 7.03. The fourth-order valence-electron chi connectivity index (χ4n) is 1.24. The first-order valence-electron chi connectivity index (χ1n) is 3.60. The van der Waals surface area contributed by atoms with Gasteiger partial charge in [0.1, 0.15) is 5.72 Å². The number of nitrogens with zero attached hydrogens (tertiary/aromatic N) is 1. The van der Waals surface area contributed by atoms with Gasteiger partial charge in [0.05, 0.1) is 0 Å². The molecule has 0 aromatic carbocycles. The maximum absolute atomic E-state index is 5.53. The summed E-state index contributed by atoms with van der Waals surface area (Å²) in [4.78, 5) is 2.23. The van der Waals surface area contributed by atoms with Crippen molar-refractivity contribution >= 4 is 0 Å². The van der Waals surface area contributed by atoms with Gasteiger partial charge in [0, 0.05) is 13.2 Å². The second kappa shape index (κ2) is 2.27. The van der Waals surface area contributed by atoms with E-state index < -0.39 is 0 Å². The lowest BCUT2D eigenvalue weighted by Crippen LogP contribution is -2.19. The van der Waals surface area contributed by atoms with Crippen molar-refractivity contribution in [1.29, 1.82) is 0 Å². The Morgan fingerprint density at radius 1 is 1.56 bits per heavy atom. The molecule has 1 saturated heterocycles. The van der Waals surface area contributed by atoms with Gasteiger partial charge in [0.25, 0.3) is 0 Å². The highest BCUT2D eigenvalue weighted by atomic mass is 16.5. The molecule has 0 amide bonds. The maximum Gasteiger partial charge on any atom is 0.134 e. The summed E-state index contributed by atoms with van der Waals surface area (Å²) in [5.41, 5.74) is 0.134. The van der Waals surface area contributed by atoms with Gasteiger partial charge in [-0.3, -0.25) is 4.90 Å². The van der Waals surface area contributed by atoms with Crippen molar-refractivity contribution in [1.82, 2.24) is 4.90 Å². The third kappa shape index (κ3) is 1.10. The molecule has 0 radical (unpaired) electrons. The van der Waals surface area contributed by atoms with Crippen LogP contribution in [0.1, 0.15) is 20.3 Å². The van der Waals surface area contributed by atoms with E-state index in [2.05, 4.69) is 18.9 Å². The number of ether oxygens (including phenoxy) is 1. The van der Waals surface area contributed by atoms with E-state index in [0.29, 0.717) is 0 Å². The Labute approximate surface area is 56.8 Å². The Balaban J connectivity index is 2.33. The van der Waals surface area contributed by atoms with Crippen LogP contribution in [-0.2, 0) is 4.74 Å². The molecule has 2 atom stereocenters. The number of hydrogen-bond donors (Lipinski definition) is 0. The van der Waals surface area contributed by atoms with Gasteiger partial charge in [0.15, 0.2) is 0 Å². The quantitative estimate of drug-likeness (QED) is 0.528. The van der Waals surface area contributed by atoms with Gasteiger partial charge >= 0.3 is 0 Å². The highest BCUT2D eigenvalue weighted by Gasteiger charge is 2.48. The van der Waals surface area contributed by atoms with Crippen molar-refractivity contribution in [2.24, 2.45) is 0 Å². The summed E-state index contributed by atoms with van der Waals surface area (Å²) in [5, 5.41) is 0. The average Bonchev–Trinajstić information content (AvgIpc) is 2.45. The predicted molar refractivity (Wildman–Crippen MR) is 37.3 cm³/mol. The summed E-state index contributed by atoms with van der Waals surface area (Å²) in [7, 11) is 2.10. The second-order valence-corrected chi connectivity index (χ2v) is 2.59. The maximum atomic E-state index is 5.53. The van der Waals surface area contributed by atoms with Gasteiger partial charge in [-0.2, -0.15) is 0 Å². The van der Waals surface area contributed by atoms with Crippen LogP contribution in [-0.4, -0.2) is 30.8 Å². The van der Waals surface area contributed by atoms with E-state index >= 15 is 0 Å². The van der Waals surface area contributed by atoms with Gasteiger partial charge in [-0.05, 0) is 20.4 Å². The zero-order valence-electron chi connectivity index (χ0n) is 6.48. The van der Waals surface area contributed by atoms with E-state index in [-0.39, 0.29) is 5.72 Å². The molecule has 2 nitrogen and oxygen atoms in total. The molecule has 0 saturated carbocycles. The fourth-order valence-corrected chi connectivity index (χ4v) is 1.24. The second-order valence-electron chi connectivity index (χ2n) is 2.59. The van der Waals surface area contributed by atoms with Gasteiger partial charge in [-0.25, -0.2) is 0 Å². The normalized spacial score (nSPS) is 41.0. The van der Waals surface area contributed by atoms with Gasteiger partial charge in [-0.1, -0.05) is 6.92 Å². The standard InChI is InChI=1S/C7H15NO/c1-4-7(9-5-2)6-8(7)3/h4-6H2,1-3H3. The van der Waals surface area contributed by atoms with Gasteiger partial charge < -0.3 is 4.74 Å². The van der Waals surface area contributed by atoms with Crippen LogP contribution in [0.4, 0.5) is 0 Å². The molecule has 2 unspecified atom stereocenters. The van der Waals surface area contributed by atoms with Crippen molar-refractivity contribution in [3.05, 3.63) is 0 Å². The summed E-state index contributed by atoms with van der Waals surface area (Å²) in [6, 6.07) is 0. The van der Waals surface area contributed by atoms with Crippen molar-refractivity contribution in [2.75, 3.05) is 20.2 Å². The topological polar surface area (TPSA) is 12.2 Å². The Morgan fingerprint density at radius 2 is 2.11 bits per heavy atom. The van der Waals surface area contributed by atoms with Crippen LogP contribution in [0.2, 0.25) is 0 Å². The van der Waals surface area contributed by atoms with Crippen molar-refractivity contribution < 1.29 is 4.74 Å². The van der Waals surface area contributed by atoms with Crippen molar-refractivity contribution in [2.45, 2.75) is 26.0 Å². The lowest BCUT2D eigenvalue weighted by Gasteiger charge is -2.12. The zero-order valence-corrected chi connectivity index (χ0v) is 6.48. The van der Waals surface area contributed by atoms with Crippen LogP contribution >= 0.6 is 0 Å². The monoisotopic (exact) mass is 129 g/mol. The average molecular weight is 129 g/mol. The van der Waals surface area contributed by atoms with E-state index in [0.717, 1.165) is 19.6 Å². The Morgan fingerprint density at radius 3 is 2.22 bits per heavy atom. The summed E-state index contributed by atoms with van der Waals surface area (Å²) in [5.74, 6) is 0. The van der Waals surface area contributed by atoms with Crippen LogP contribution in [0.15, 0.2) is 0 Å². The van der Waals surface area contributed by atoms with Crippen molar-refractivity contribution in [3.63, 3.8) is 0 Å². The molecule has 0 aliphatic carbocycles. The minimum absolute atomic E-state index is 0.134. The molecule has 54 valence electrons. The Hall–Kier alpha value is -0.0800. The third-order valence-electron chi connectivity index (χ3n) is 2.04. The molecule has 0 N–H and O–H groups in total. The fraction of sp³-hybridized carbons (Fsp3) is 1.00. The minimum Gasteiger partial charge on any atom is -0.359 e. The molecule has 1 aliphatic heterocycles. The van der Waals surface area contributed by atoms with Crippen LogP contribution in [0.5, 0.6) is 0 Å². The molecule has 1 fully saturated rings. The van der Waals surface area contributed by atoms with E-state index in [9.17, 15) is 0 Å². The molecule has 1 aliphatic rings. The first-order valence-corrected chi connectivity index (χ1v) is 3.60. The summed E-state index contributed by atoms with van der Waals surface area (Å²) >= 11 is 0. The van der Waals surface area contributed by atoms with Gasteiger partial charge in [0.2, 0.25) is 0 Å². The Bertz CT molecular complexity index is 101. The highest BCUT2D eigenvalue weighted by molar-refractivity contribution is 4.95. The lowest BCUT2D eigenvalue weighted by molar-refractivity contribution is 0.00391. The minimum atomic E-state index is 0.134. The van der Waals surface area contributed by atoms with E-state index in [1.807, 2.05) is 6.92 Å². The van der Waals surface area contributed by atoms with E-state index in [4.69, 9.17) is 4.74 Å². The first-order chi connectivity index (χ1) is 4.25. The van der Waals surface area contributed by atoms with Crippen LogP contribution in [0.3, 0.4) is 0 Å². The smallest absolute Gasteiger partial charge is 0.134 e. The van der Waals surface area contributed by atoms with Gasteiger partial charge in [-0.15, -0.1) is 0 Å².